The Balaban J connectivity index is 0.00000334. The van der Waals surface area contributed by atoms with E-state index < -0.39 is 66.0 Å². The first-order chi connectivity index (χ1) is 17.4. The van der Waals surface area contributed by atoms with E-state index in [0.29, 0.717) is 6.42 Å². The highest BCUT2D eigenvalue weighted by molar-refractivity contribution is 5.98. The van der Waals surface area contributed by atoms with Crippen LogP contribution in [0.1, 0.15) is 57.9 Å². The summed E-state index contributed by atoms with van der Waals surface area (Å²) < 4.78 is 71.3. The Bertz CT molecular complexity index is 984. The number of rotatable bonds is 10. The summed E-state index contributed by atoms with van der Waals surface area (Å²) in [6.45, 7) is 9.51. The average Bonchev–Trinajstić information content (AvgIpc) is 2.79. The maximum Gasteiger partial charge on any atom is 0.389 e. The van der Waals surface area contributed by atoms with Gasteiger partial charge in [-0.1, -0.05) is 33.8 Å². The molecule has 1 heterocycles. The predicted molar refractivity (Wildman–Crippen MR) is 130 cm³/mol. The molecule has 1 aromatic rings. The molecule has 37 heavy (non-hydrogen) atoms. The van der Waals surface area contributed by atoms with E-state index in [1.165, 1.54) is 0 Å². The second-order valence-corrected chi connectivity index (χ2v) is 7.97. The zero-order valence-corrected chi connectivity index (χ0v) is 20.9. The molecule has 206 valence electrons. The Morgan fingerprint density at radius 2 is 1.89 bits per heavy atom. The number of hydrogen-bond acceptors (Lipinski definition) is 6. The number of carbonyl (C=O) groups is 2. The van der Waals surface area contributed by atoms with Crippen LogP contribution in [0.2, 0.25) is 0 Å². The van der Waals surface area contributed by atoms with Gasteiger partial charge in [-0.15, -0.1) is 0 Å². The van der Waals surface area contributed by atoms with E-state index in [-0.39, 0.29) is 37.2 Å². The molecule has 2 rings (SSSR count). The smallest absolute Gasteiger partial charge is 0.389 e. The van der Waals surface area contributed by atoms with Crippen LogP contribution >= 0.6 is 0 Å². The Labute approximate surface area is 212 Å². The topological polar surface area (TPSA) is 121 Å². The Kier molecular flexibility index (Phi) is 12.2. The van der Waals surface area contributed by atoms with E-state index in [9.17, 15) is 31.5 Å². The summed E-state index contributed by atoms with van der Waals surface area (Å²) in [7, 11) is 0. The summed E-state index contributed by atoms with van der Waals surface area (Å²) in [5.74, 6) is -4.45. The number of amidine groups is 1. The molecule has 0 radical (unpaired) electrons. The van der Waals surface area contributed by atoms with Crippen molar-refractivity contribution in [1.29, 1.82) is 5.41 Å². The molecule has 1 fully saturated rings. The first-order valence-electron chi connectivity index (χ1n) is 11.7. The van der Waals surface area contributed by atoms with Crippen LogP contribution in [0.25, 0.3) is 0 Å². The zero-order chi connectivity index (χ0) is 28.3. The summed E-state index contributed by atoms with van der Waals surface area (Å²) in [4.78, 5) is 28.2. The van der Waals surface area contributed by atoms with Crippen LogP contribution in [0.15, 0.2) is 29.3 Å². The molecule has 8 nitrogen and oxygen atoms in total. The van der Waals surface area contributed by atoms with Gasteiger partial charge >= 0.3 is 6.18 Å². The van der Waals surface area contributed by atoms with E-state index in [1.54, 1.807) is 11.8 Å². The first kappa shape index (κ1) is 31.5. The Hall–Kier alpha value is -3.51. The molecule has 2 amide bonds. The molecular formula is C24H32F5N5O3. The number of imide groups is 1. The Morgan fingerprint density at radius 3 is 2.38 bits per heavy atom. The highest BCUT2D eigenvalue weighted by Gasteiger charge is 2.32. The molecule has 1 unspecified atom stereocenters. The number of hydrogen-bond donors (Lipinski definition) is 3. The largest absolute Gasteiger partial charge is 0.408 e. The number of carbonyl (C=O) groups excluding carboxylic acids is 2. The predicted octanol–water partition coefficient (Wildman–Crippen LogP) is 4.54. The number of nitrogens with one attached hydrogen (secondary N) is 2. The van der Waals surface area contributed by atoms with Crippen LogP contribution in [0.5, 0.6) is 0 Å². The molecule has 1 saturated heterocycles. The summed E-state index contributed by atoms with van der Waals surface area (Å²) in [6, 6.07) is 1.28. The van der Waals surface area contributed by atoms with Gasteiger partial charge in [-0.2, -0.15) is 13.2 Å². The fraction of sp³-hybridized carbons (Fsp3) is 0.500. The third-order valence-corrected chi connectivity index (χ3v) is 5.28. The monoisotopic (exact) mass is 533 g/mol. The van der Waals surface area contributed by atoms with Crippen LogP contribution in [0.3, 0.4) is 0 Å². The SMILES string of the molecule is C=C(CCC(F)(F)F)C(=N)OC(N)=NC1CN(c2cc(F)c(C(CCC)C(=O)NC=O)c(F)c2)C1.CC. The molecule has 0 aliphatic carbocycles. The number of aliphatic imine (C=N–C) groups is 1. The lowest BCUT2D eigenvalue weighted by atomic mass is 9.92. The second-order valence-electron chi connectivity index (χ2n) is 7.97. The minimum Gasteiger partial charge on any atom is -0.408 e. The van der Waals surface area contributed by atoms with Gasteiger partial charge in [0.2, 0.25) is 18.2 Å². The van der Waals surface area contributed by atoms with E-state index in [2.05, 4.69) is 11.6 Å². The lowest BCUT2D eigenvalue weighted by Gasteiger charge is -2.39. The fourth-order valence-electron chi connectivity index (χ4n) is 3.48. The highest BCUT2D eigenvalue weighted by atomic mass is 19.4. The summed E-state index contributed by atoms with van der Waals surface area (Å²) in [6.07, 6.45) is -5.31. The van der Waals surface area contributed by atoms with Crippen molar-refractivity contribution in [2.45, 2.75) is 64.6 Å². The van der Waals surface area contributed by atoms with Crippen molar-refractivity contribution in [2.75, 3.05) is 18.0 Å². The van der Waals surface area contributed by atoms with E-state index >= 15 is 0 Å². The van der Waals surface area contributed by atoms with Gasteiger partial charge in [0.25, 0.3) is 6.02 Å². The quantitative estimate of drug-likeness (QED) is 0.176. The second kappa shape index (κ2) is 14.3. The van der Waals surface area contributed by atoms with Gasteiger partial charge in [-0.3, -0.25) is 20.3 Å². The molecule has 0 aromatic heterocycles. The molecule has 0 bridgehead atoms. The Morgan fingerprint density at radius 1 is 1.32 bits per heavy atom. The van der Waals surface area contributed by atoms with E-state index in [4.69, 9.17) is 15.9 Å². The third-order valence-electron chi connectivity index (χ3n) is 5.28. The number of benzene rings is 1. The minimum absolute atomic E-state index is 0.143. The van der Waals surface area contributed by atoms with Gasteiger partial charge in [0.05, 0.1) is 12.0 Å². The molecule has 4 N–H and O–H groups in total. The number of halogens is 5. The zero-order valence-electron chi connectivity index (χ0n) is 20.9. The number of nitrogens with two attached hydrogens (primary N) is 1. The number of anilines is 1. The van der Waals surface area contributed by atoms with Crippen molar-refractivity contribution >= 4 is 29.9 Å². The van der Waals surface area contributed by atoms with Crippen LogP contribution < -0.4 is 16.0 Å². The van der Waals surface area contributed by atoms with Crippen molar-refractivity contribution in [3.63, 3.8) is 0 Å². The van der Waals surface area contributed by atoms with E-state index in [1.807, 2.05) is 19.2 Å². The van der Waals surface area contributed by atoms with Crippen LogP contribution in [0.4, 0.5) is 27.6 Å². The van der Waals surface area contributed by atoms with Crippen molar-refractivity contribution in [2.24, 2.45) is 10.7 Å². The standard InChI is InChI=1S/C22H26F5N5O3.C2H6/c1-3-4-15(20(34)30-11-33)18-16(23)7-14(8-17(18)24)32-9-13(10-32)31-21(29)35-19(28)12(2)5-6-22(25,26)27;1-2/h7-8,11,13,15,28H,2-6,9-10H2,1H3,(H2,29,31)(H,30,33,34);1-2H3. The van der Waals surface area contributed by atoms with Gasteiger partial charge in [-0.25, -0.2) is 13.8 Å². The number of ether oxygens (including phenoxy) is 1. The van der Waals surface area contributed by atoms with Crippen molar-refractivity contribution in [1.82, 2.24) is 5.32 Å². The first-order valence-corrected chi connectivity index (χ1v) is 11.7. The van der Waals surface area contributed by atoms with Gasteiger partial charge in [0.1, 0.15) is 11.6 Å². The van der Waals surface area contributed by atoms with Crippen LogP contribution in [0, 0.1) is 17.0 Å². The third kappa shape index (κ3) is 9.47. The average molecular weight is 534 g/mol. The molecule has 1 aliphatic heterocycles. The van der Waals surface area contributed by atoms with Crippen molar-refractivity contribution in [3.05, 3.63) is 41.5 Å². The summed E-state index contributed by atoms with van der Waals surface area (Å²) in [5, 5.41) is 9.55. The number of alkyl halides is 3. The molecular weight excluding hydrogens is 501 g/mol. The number of nitrogens with zero attached hydrogens (tertiary/aromatic N) is 2. The van der Waals surface area contributed by atoms with Crippen LogP contribution in [-0.2, 0) is 14.3 Å². The van der Waals surface area contributed by atoms with Gasteiger partial charge in [0, 0.05) is 36.3 Å². The summed E-state index contributed by atoms with van der Waals surface area (Å²) in [5.41, 5.74) is 5.18. The molecule has 1 aromatic carbocycles. The fourth-order valence-corrected chi connectivity index (χ4v) is 3.48. The van der Waals surface area contributed by atoms with Gasteiger partial charge < -0.3 is 15.4 Å². The maximum atomic E-state index is 14.8. The van der Waals surface area contributed by atoms with Gasteiger partial charge in [0.15, 0.2) is 0 Å². The molecule has 1 atom stereocenters. The van der Waals surface area contributed by atoms with Crippen molar-refractivity contribution in [3.8, 4) is 0 Å². The maximum absolute atomic E-state index is 14.8. The van der Waals surface area contributed by atoms with Crippen LogP contribution in [-0.4, -0.2) is 49.5 Å². The molecule has 13 heteroatoms. The molecule has 0 saturated carbocycles. The highest BCUT2D eigenvalue weighted by Crippen LogP contribution is 2.32. The lowest BCUT2D eigenvalue weighted by molar-refractivity contribution is -0.133. The molecule has 1 aliphatic rings. The van der Waals surface area contributed by atoms with E-state index in [0.717, 1.165) is 12.1 Å². The lowest BCUT2D eigenvalue weighted by Crippen LogP contribution is -2.51. The number of amides is 2. The van der Waals surface area contributed by atoms with Gasteiger partial charge in [-0.05, 0) is 25.0 Å². The normalized spacial score (nSPS) is 14.6. The van der Waals surface area contributed by atoms with Crippen molar-refractivity contribution < 1.29 is 36.3 Å². The summed E-state index contributed by atoms with van der Waals surface area (Å²) >= 11 is 0. The molecule has 0 spiro atoms. The minimum atomic E-state index is -4.39.